The van der Waals surface area contributed by atoms with Gasteiger partial charge in [-0.1, -0.05) is 0 Å². The summed E-state index contributed by atoms with van der Waals surface area (Å²) in [6.07, 6.45) is 0.364. The van der Waals surface area contributed by atoms with Gasteiger partial charge in [-0.3, -0.25) is 4.79 Å². The molecule has 2 heterocycles. The van der Waals surface area contributed by atoms with Crippen molar-refractivity contribution in [3.8, 4) is 0 Å². The number of hydrogen-bond acceptors (Lipinski definition) is 4. The first-order valence-electron chi connectivity index (χ1n) is 6.79. The molecule has 1 aromatic rings. The van der Waals surface area contributed by atoms with Crippen LogP contribution in [0.2, 0.25) is 0 Å². The maximum absolute atomic E-state index is 13.4. The Morgan fingerprint density at radius 1 is 1.50 bits per heavy atom. The van der Waals surface area contributed by atoms with Gasteiger partial charge in [0, 0.05) is 23.7 Å². The number of amides is 1. The van der Waals surface area contributed by atoms with Crippen molar-refractivity contribution < 1.29 is 13.9 Å². The molecule has 0 spiro atoms. The van der Waals surface area contributed by atoms with E-state index in [4.69, 9.17) is 4.74 Å². The number of fused-ring (bicyclic) bond motifs is 1. The van der Waals surface area contributed by atoms with Crippen molar-refractivity contribution in [2.75, 3.05) is 25.4 Å². The number of benzene rings is 1. The second-order valence-electron chi connectivity index (χ2n) is 4.94. The van der Waals surface area contributed by atoms with E-state index in [9.17, 15) is 9.18 Å². The number of morpholine rings is 1. The van der Waals surface area contributed by atoms with Crippen molar-refractivity contribution in [3.63, 3.8) is 0 Å². The maximum atomic E-state index is 13.4. The number of rotatable bonds is 2. The fourth-order valence-electron chi connectivity index (χ4n) is 2.51. The Bertz CT molecular complexity index is 506. The molecular formula is C14H17FN2O2S. The smallest absolute Gasteiger partial charge is 0.250 e. The fraction of sp³-hybridized carbons (Fsp3) is 0.500. The van der Waals surface area contributed by atoms with Crippen molar-refractivity contribution in [3.05, 3.63) is 29.6 Å². The molecule has 0 aliphatic carbocycles. The molecule has 1 fully saturated rings. The number of carbonyl (C=O) groups is 1. The summed E-state index contributed by atoms with van der Waals surface area (Å²) in [7, 11) is 0. The Labute approximate surface area is 121 Å². The third-order valence-corrected chi connectivity index (χ3v) is 4.67. The number of halogens is 1. The number of thioether (sulfide) groups is 1. The van der Waals surface area contributed by atoms with Crippen molar-refractivity contribution in [1.82, 2.24) is 10.6 Å². The minimum atomic E-state index is -0.449. The van der Waals surface area contributed by atoms with Gasteiger partial charge >= 0.3 is 0 Å². The normalized spacial score (nSPS) is 25.9. The molecule has 0 aromatic heterocycles. The molecule has 2 aliphatic heterocycles. The van der Waals surface area contributed by atoms with E-state index in [0.29, 0.717) is 13.2 Å². The fourth-order valence-corrected chi connectivity index (χ4v) is 3.62. The SMILES string of the molecule is O=C(NC1CCSc2ccc(F)cc21)C1CNCCO1. The van der Waals surface area contributed by atoms with E-state index >= 15 is 0 Å². The number of nitrogens with one attached hydrogen (secondary N) is 2. The van der Waals surface area contributed by atoms with E-state index < -0.39 is 6.10 Å². The van der Waals surface area contributed by atoms with Gasteiger partial charge in [0.1, 0.15) is 11.9 Å². The van der Waals surface area contributed by atoms with Crippen LogP contribution in [0.5, 0.6) is 0 Å². The highest BCUT2D eigenvalue weighted by Gasteiger charge is 2.27. The van der Waals surface area contributed by atoms with Crippen LogP contribution in [0, 0.1) is 5.82 Å². The van der Waals surface area contributed by atoms with Crippen LogP contribution < -0.4 is 10.6 Å². The van der Waals surface area contributed by atoms with Gasteiger partial charge in [-0.2, -0.15) is 0 Å². The lowest BCUT2D eigenvalue weighted by Crippen LogP contribution is -2.48. The van der Waals surface area contributed by atoms with Gasteiger partial charge in [0.2, 0.25) is 0 Å². The zero-order valence-corrected chi connectivity index (χ0v) is 11.8. The first-order chi connectivity index (χ1) is 9.74. The van der Waals surface area contributed by atoms with Gasteiger partial charge in [0.15, 0.2) is 0 Å². The molecule has 2 atom stereocenters. The second-order valence-corrected chi connectivity index (χ2v) is 6.08. The van der Waals surface area contributed by atoms with Gasteiger partial charge in [-0.15, -0.1) is 11.8 Å². The summed E-state index contributed by atoms with van der Waals surface area (Å²) < 4.78 is 18.8. The summed E-state index contributed by atoms with van der Waals surface area (Å²) >= 11 is 1.70. The second kappa shape index (κ2) is 6.11. The molecule has 2 aliphatic rings. The molecule has 1 saturated heterocycles. The first kappa shape index (κ1) is 13.9. The predicted octanol–water partition coefficient (Wildman–Crippen LogP) is 1.47. The molecule has 20 heavy (non-hydrogen) atoms. The van der Waals surface area contributed by atoms with Crippen LogP contribution in [0.3, 0.4) is 0 Å². The third kappa shape index (κ3) is 2.97. The Kier molecular flexibility index (Phi) is 4.24. The standard InChI is InChI=1S/C14H17FN2O2S/c15-9-1-2-13-10(7-9)11(3-6-20-13)17-14(18)12-8-16-4-5-19-12/h1-2,7,11-12,16H,3-6,8H2,(H,17,18). The van der Waals surface area contributed by atoms with E-state index in [0.717, 1.165) is 29.2 Å². The molecule has 2 unspecified atom stereocenters. The van der Waals surface area contributed by atoms with Gasteiger partial charge < -0.3 is 15.4 Å². The third-order valence-electron chi connectivity index (χ3n) is 3.55. The lowest BCUT2D eigenvalue weighted by atomic mass is 10.0. The van der Waals surface area contributed by atoms with Crippen LogP contribution in [-0.2, 0) is 9.53 Å². The average molecular weight is 296 g/mol. The summed E-state index contributed by atoms with van der Waals surface area (Å²) in [6, 6.07) is 4.64. The van der Waals surface area contributed by atoms with E-state index in [1.807, 2.05) is 0 Å². The van der Waals surface area contributed by atoms with Crippen molar-refractivity contribution in [1.29, 1.82) is 0 Å². The molecule has 0 bridgehead atoms. The zero-order chi connectivity index (χ0) is 13.9. The number of carbonyl (C=O) groups excluding carboxylic acids is 1. The zero-order valence-electron chi connectivity index (χ0n) is 11.0. The summed E-state index contributed by atoms with van der Waals surface area (Å²) in [5.74, 6) is 0.540. The lowest BCUT2D eigenvalue weighted by Gasteiger charge is -2.29. The molecule has 108 valence electrons. The van der Waals surface area contributed by atoms with E-state index in [-0.39, 0.29) is 17.8 Å². The summed E-state index contributed by atoms with van der Waals surface area (Å²) in [6.45, 7) is 1.85. The van der Waals surface area contributed by atoms with Crippen LogP contribution in [0.25, 0.3) is 0 Å². The minimum Gasteiger partial charge on any atom is -0.366 e. The minimum absolute atomic E-state index is 0.121. The molecule has 4 nitrogen and oxygen atoms in total. The highest BCUT2D eigenvalue weighted by Crippen LogP contribution is 2.36. The average Bonchev–Trinajstić information content (AvgIpc) is 2.49. The Balaban J connectivity index is 1.72. The van der Waals surface area contributed by atoms with Crippen LogP contribution in [-0.4, -0.2) is 37.5 Å². The largest absolute Gasteiger partial charge is 0.366 e. The molecule has 6 heteroatoms. The number of hydrogen-bond donors (Lipinski definition) is 2. The van der Waals surface area contributed by atoms with Gasteiger partial charge in [0.05, 0.1) is 12.6 Å². The highest BCUT2D eigenvalue weighted by atomic mass is 32.2. The summed E-state index contributed by atoms with van der Waals surface area (Å²) in [5.41, 5.74) is 0.873. The van der Waals surface area contributed by atoms with E-state index in [1.165, 1.54) is 12.1 Å². The van der Waals surface area contributed by atoms with Crippen LogP contribution >= 0.6 is 11.8 Å². The van der Waals surface area contributed by atoms with Gasteiger partial charge in [0.25, 0.3) is 5.91 Å². The van der Waals surface area contributed by atoms with Crippen LogP contribution in [0.4, 0.5) is 4.39 Å². The quantitative estimate of drug-likeness (QED) is 0.868. The van der Waals surface area contributed by atoms with E-state index in [2.05, 4.69) is 10.6 Å². The number of ether oxygens (including phenoxy) is 1. The molecule has 3 rings (SSSR count). The first-order valence-corrected chi connectivity index (χ1v) is 7.77. The van der Waals surface area contributed by atoms with Crippen LogP contribution in [0.1, 0.15) is 18.0 Å². The molecular weight excluding hydrogens is 279 g/mol. The summed E-state index contributed by atoms with van der Waals surface area (Å²) in [5, 5.41) is 6.12. The monoisotopic (exact) mass is 296 g/mol. The lowest BCUT2D eigenvalue weighted by molar-refractivity contribution is -0.135. The maximum Gasteiger partial charge on any atom is 0.250 e. The molecule has 0 saturated carbocycles. The molecule has 0 radical (unpaired) electrons. The topological polar surface area (TPSA) is 50.4 Å². The highest BCUT2D eigenvalue weighted by molar-refractivity contribution is 7.99. The van der Waals surface area contributed by atoms with Crippen LogP contribution in [0.15, 0.2) is 23.1 Å². The van der Waals surface area contributed by atoms with E-state index in [1.54, 1.807) is 17.8 Å². The van der Waals surface area contributed by atoms with Crippen molar-refractivity contribution in [2.24, 2.45) is 0 Å². The Morgan fingerprint density at radius 3 is 3.20 bits per heavy atom. The molecule has 2 N–H and O–H groups in total. The Hall–Kier alpha value is -1.11. The predicted molar refractivity (Wildman–Crippen MR) is 75.2 cm³/mol. The van der Waals surface area contributed by atoms with Gasteiger partial charge in [-0.05, 0) is 30.2 Å². The van der Waals surface area contributed by atoms with Crippen molar-refractivity contribution >= 4 is 17.7 Å². The molecule has 1 amide bonds. The van der Waals surface area contributed by atoms with Crippen molar-refractivity contribution in [2.45, 2.75) is 23.5 Å². The molecule has 1 aromatic carbocycles. The Morgan fingerprint density at radius 2 is 2.40 bits per heavy atom. The van der Waals surface area contributed by atoms with Gasteiger partial charge in [-0.25, -0.2) is 4.39 Å². The summed E-state index contributed by atoms with van der Waals surface area (Å²) in [4.78, 5) is 13.2.